The van der Waals surface area contributed by atoms with Crippen LogP contribution in [-0.2, 0) is 9.53 Å². The number of aliphatic hydroxyl groups excluding tert-OH is 1. The molecule has 1 fully saturated rings. The molecule has 6 atom stereocenters. The molecule has 5 nitrogen and oxygen atoms in total. The molecular formula is C20H34O5. The lowest BCUT2D eigenvalue weighted by atomic mass is 9.77. The Kier molecular flexibility index (Phi) is 6.34. The first-order valence-corrected chi connectivity index (χ1v) is 9.52. The van der Waals surface area contributed by atoms with E-state index in [1.807, 2.05) is 19.9 Å². The molecule has 2 bridgehead atoms. The van der Waals surface area contributed by atoms with Crippen LogP contribution in [0.25, 0.3) is 0 Å². The minimum absolute atomic E-state index is 0.103. The molecule has 0 aromatic carbocycles. The van der Waals surface area contributed by atoms with Crippen LogP contribution in [0.3, 0.4) is 0 Å². The summed E-state index contributed by atoms with van der Waals surface area (Å²) in [6.07, 6.45) is 4.88. The molecule has 25 heavy (non-hydrogen) atoms. The summed E-state index contributed by atoms with van der Waals surface area (Å²) in [6, 6.07) is 0. The Balaban J connectivity index is 2.24. The first-order chi connectivity index (χ1) is 11.5. The summed E-state index contributed by atoms with van der Waals surface area (Å²) in [6.45, 7) is 7.27. The lowest BCUT2D eigenvalue weighted by Gasteiger charge is -2.41. The van der Waals surface area contributed by atoms with Crippen molar-refractivity contribution >= 4 is 5.97 Å². The quantitative estimate of drug-likeness (QED) is 0.460. The number of fused-ring (bicyclic) bond motifs is 2. The highest BCUT2D eigenvalue weighted by molar-refractivity contribution is 5.73. The molecule has 0 radical (unpaired) electrons. The number of rotatable bonds is 0. The lowest BCUT2D eigenvalue weighted by Crippen LogP contribution is -2.49. The van der Waals surface area contributed by atoms with E-state index >= 15 is 0 Å². The maximum Gasteiger partial charge on any atom is 0.309 e. The number of hydrogen-bond donors (Lipinski definition) is 3. The fraction of sp³-hybridized carbons (Fsp3) is 0.850. The van der Waals surface area contributed by atoms with E-state index in [9.17, 15) is 20.1 Å². The van der Waals surface area contributed by atoms with Crippen LogP contribution < -0.4 is 0 Å². The van der Waals surface area contributed by atoms with E-state index in [4.69, 9.17) is 4.74 Å². The highest BCUT2D eigenvalue weighted by atomic mass is 16.6. The monoisotopic (exact) mass is 354 g/mol. The summed E-state index contributed by atoms with van der Waals surface area (Å²) in [5.74, 6) is -0.361. The minimum atomic E-state index is -1.09. The second-order valence-electron chi connectivity index (χ2n) is 8.66. The maximum atomic E-state index is 12.2. The minimum Gasteiger partial charge on any atom is -0.459 e. The molecular weight excluding hydrogens is 320 g/mol. The molecule has 0 aromatic rings. The molecule has 3 N–H and O–H groups in total. The number of carbonyl (C=O) groups is 1. The summed E-state index contributed by atoms with van der Waals surface area (Å²) in [5, 5.41) is 31.7. The molecule has 5 heteroatoms. The third kappa shape index (κ3) is 5.28. The standard InChI is InChI=1S/C20H34O5/c1-13-6-7-15-12-17(25-18(22)14(15)2)20(4,24)10-5-9-19(3,23)11-8-16(13)21/h6,14-17,21,23-24H,5,7-12H2,1-4H3. The van der Waals surface area contributed by atoms with Gasteiger partial charge in [0, 0.05) is 0 Å². The Bertz CT molecular complexity index is 508. The highest BCUT2D eigenvalue weighted by Crippen LogP contribution is 2.37. The average Bonchev–Trinajstić information content (AvgIpc) is 2.52. The largest absolute Gasteiger partial charge is 0.459 e. The van der Waals surface area contributed by atoms with Crippen molar-refractivity contribution in [3.05, 3.63) is 11.6 Å². The SMILES string of the molecule is CC1=CCC2CC(OC(=O)C2C)C(C)(O)CCCC(C)(O)CCC1O. The van der Waals surface area contributed by atoms with Gasteiger partial charge in [0.1, 0.15) is 6.10 Å². The van der Waals surface area contributed by atoms with Crippen molar-refractivity contribution in [2.75, 3.05) is 0 Å². The van der Waals surface area contributed by atoms with Crippen LogP contribution >= 0.6 is 0 Å². The Morgan fingerprint density at radius 1 is 1.20 bits per heavy atom. The second-order valence-corrected chi connectivity index (χ2v) is 8.66. The Morgan fingerprint density at radius 3 is 2.56 bits per heavy atom. The van der Waals surface area contributed by atoms with Crippen LogP contribution in [0.4, 0.5) is 0 Å². The van der Waals surface area contributed by atoms with Gasteiger partial charge < -0.3 is 20.1 Å². The molecule has 1 aliphatic carbocycles. The van der Waals surface area contributed by atoms with Gasteiger partial charge in [-0.25, -0.2) is 0 Å². The number of aliphatic hydroxyl groups is 3. The molecule has 2 aliphatic rings. The molecule has 0 spiro atoms. The smallest absolute Gasteiger partial charge is 0.309 e. The van der Waals surface area contributed by atoms with Gasteiger partial charge >= 0.3 is 5.97 Å². The van der Waals surface area contributed by atoms with E-state index in [1.54, 1.807) is 13.8 Å². The molecule has 6 unspecified atom stereocenters. The molecule has 0 aromatic heterocycles. The van der Waals surface area contributed by atoms with Crippen LogP contribution in [0.1, 0.15) is 72.6 Å². The van der Waals surface area contributed by atoms with Gasteiger partial charge in [-0.2, -0.15) is 0 Å². The molecule has 2 rings (SSSR count). The number of hydrogen-bond acceptors (Lipinski definition) is 5. The maximum absolute atomic E-state index is 12.2. The number of carbonyl (C=O) groups excluding carboxylic acids is 1. The van der Waals surface area contributed by atoms with E-state index in [-0.39, 0.29) is 17.8 Å². The molecule has 0 saturated carbocycles. The van der Waals surface area contributed by atoms with E-state index in [0.29, 0.717) is 44.9 Å². The van der Waals surface area contributed by atoms with Crippen molar-refractivity contribution in [2.45, 2.75) is 96.1 Å². The van der Waals surface area contributed by atoms with Gasteiger partial charge in [0.25, 0.3) is 0 Å². The average molecular weight is 354 g/mol. The van der Waals surface area contributed by atoms with Gasteiger partial charge in [-0.15, -0.1) is 0 Å². The third-order valence-corrected chi connectivity index (χ3v) is 6.17. The summed E-state index contributed by atoms with van der Waals surface area (Å²) < 4.78 is 5.52. The Morgan fingerprint density at radius 2 is 1.88 bits per heavy atom. The van der Waals surface area contributed by atoms with Crippen LogP contribution in [0, 0.1) is 11.8 Å². The van der Waals surface area contributed by atoms with Crippen LogP contribution in [0.15, 0.2) is 11.6 Å². The van der Waals surface area contributed by atoms with Crippen LogP contribution in [0.2, 0.25) is 0 Å². The number of allylic oxidation sites excluding steroid dienone is 1. The fourth-order valence-corrected chi connectivity index (χ4v) is 3.91. The van der Waals surface area contributed by atoms with Crippen molar-refractivity contribution < 1.29 is 24.9 Å². The topological polar surface area (TPSA) is 87.0 Å². The zero-order valence-corrected chi connectivity index (χ0v) is 16.0. The van der Waals surface area contributed by atoms with Crippen molar-refractivity contribution in [1.82, 2.24) is 0 Å². The summed E-state index contributed by atoms with van der Waals surface area (Å²) in [5.41, 5.74) is -1.09. The summed E-state index contributed by atoms with van der Waals surface area (Å²) in [4.78, 5) is 12.2. The van der Waals surface area contributed by atoms with Crippen molar-refractivity contribution in [2.24, 2.45) is 11.8 Å². The van der Waals surface area contributed by atoms with E-state index in [2.05, 4.69) is 0 Å². The van der Waals surface area contributed by atoms with Gasteiger partial charge in [-0.1, -0.05) is 13.0 Å². The van der Waals surface area contributed by atoms with Gasteiger partial charge in [-0.3, -0.25) is 4.79 Å². The van der Waals surface area contributed by atoms with Crippen LogP contribution in [0.5, 0.6) is 0 Å². The molecule has 1 saturated heterocycles. The third-order valence-electron chi connectivity index (χ3n) is 6.17. The predicted molar refractivity (Wildman–Crippen MR) is 95.9 cm³/mol. The summed E-state index contributed by atoms with van der Waals surface area (Å²) >= 11 is 0. The number of ether oxygens (including phenoxy) is 1. The molecule has 1 heterocycles. The molecule has 0 amide bonds. The zero-order chi connectivity index (χ0) is 18.8. The van der Waals surface area contributed by atoms with Gasteiger partial charge in [-0.05, 0) is 77.2 Å². The van der Waals surface area contributed by atoms with E-state index in [1.165, 1.54) is 0 Å². The first kappa shape index (κ1) is 20.4. The van der Waals surface area contributed by atoms with Gasteiger partial charge in [0.05, 0.1) is 23.2 Å². The van der Waals surface area contributed by atoms with E-state index < -0.39 is 23.4 Å². The summed E-state index contributed by atoms with van der Waals surface area (Å²) in [7, 11) is 0. The van der Waals surface area contributed by atoms with Gasteiger partial charge in [0.2, 0.25) is 0 Å². The van der Waals surface area contributed by atoms with Crippen molar-refractivity contribution in [3.8, 4) is 0 Å². The zero-order valence-electron chi connectivity index (χ0n) is 16.0. The van der Waals surface area contributed by atoms with Gasteiger partial charge in [0.15, 0.2) is 0 Å². The van der Waals surface area contributed by atoms with Crippen molar-refractivity contribution in [1.29, 1.82) is 0 Å². The Labute approximate surface area is 151 Å². The number of esters is 1. The van der Waals surface area contributed by atoms with Crippen molar-refractivity contribution in [3.63, 3.8) is 0 Å². The first-order valence-electron chi connectivity index (χ1n) is 9.52. The lowest BCUT2D eigenvalue weighted by molar-refractivity contribution is -0.184. The Hall–Kier alpha value is -0.910. The van der Waals surface area contributed by atoms with E-state index in [0.717, 1.165) is 5.57 Å². The fourth-order valence-electron chi connectivity index (χ4n) is 3.91. The molecule has 144 valence electrons. The second kappa shape index (κ2) is 7.77. The normalized spacial score (nSPS) is 44.4. The highest BCUT2D eigenvalue weighted by Gasteiger charge is 2.43. The molecule has 1 aliphatic heterocycles. The predicted octanol–water partition coefficient (Wildman–Crippen LogP) is 2.72. The van der Waals surface area contributed by atoms with Crippen LogP contribution in [-0.4, -0.2) is 44.7 Å².